The lowest BCUT2D eigenvalue weighted by Crippen LogP contribution is -2.30. The van der Waals surface area contributed by atoms with Crippen molar-refractivity contribution in [1.82, 2.24) is 5.32 Å². The number of nitrogens with one attached hydrogen (secondary N) is 3. The molecule has 4 aromatic rings. The Bertz CT molecular complexity index is 1870. The number of benzene rings is 3. The van der Waals surface area contributed by atoms with Gasteiger partial charge < -0.3 is 20.7 Å². The summed E-state index contributed by atoms with van der Waals surface area (Å²) in [4.78, 5) is 54.9. The molecule has 1 unspecified atom stereocenters. The zero-order chi connectivity index (χ0) is 34.9. The minimum absolute atomic E-state index is 0.0681. The molecule has 254 valence electrons. The number of fused-ring (bicyclic) bond motifs is 1. The molecule has 1 aromatic heterocycles. The quantitative estimate of drug-likeness (QED) is 0.0613. The number of carbonyl (C=O) groups is 4. The summed E-state index contributed by atoms with van der Waals surface area (Å²) in [6.07, 6.45) is 6.24. The molecule has 49 heavy (non-hydrogen) atoms. The van der Waals surface area contributed by atoms with Crippen LogP contribution in [0, 0.1) is 0 Å². The van der Waals surface area contributed by atoms with Crippen molar-refractivity contribution in [3.63, 3.8) is 0 Å². The number of amides is 3. The van der Waals surface area contributed by atoms with Crippen LogP contribution in [0.15, 0.2) is 83.4 Å². The third-order valence-corrected chi connectivity index (χ3v) is 10.7. The lowest BCUT2D eigenvalue weighted by atomic mass is 10.1. The second kappa shape index (κ2) is 17.0. The molecule has 1 aliphatic rings. The summed E-state index contributed by atoms with van der Waals surface area (Å²) >= 11 is 15.5. The van der Waals surface area contributed by atoms with Crippen LogP contribution in [0.1, 0.15) is 69.8 Å². The zero-order valence-electron chi connectivity index (χ0n) is 26.9. The molecule has 3 aromatic carbocycles. The van der Waals surface area contributed by atoms with Crippen molar-refractivity contribution in [3.05, 3.63) is 116 Å². The van der Waals surface area contributed by atoms with Crippen LogP contribution in [-0.4, -0.2) is 35.5 Å². The first-order valence-corrected chi connectivity index (χ1v) is 18.3. The Hall–Kier alpha value is -4.09. The highest BCUT2D eigenvalue weighted by Crippen LogP contribution is 2.39. The summed E-state index contributed by atoms with van der Waals surface area (Å²) in [5, 5.41) is 9.12. The maximum absolute atomic E-state index is 13.6. The van der Waals surface area contributed by atoms with E-state index in [0.717, 1.165) is 47.4 Å². The number of esters is 1. The van der Waals surface area contributed by atoms with Gasteiger partial charge in [-0.05, 0) is 93.6 Å². The third kappa shape index (κ3) is 9.33. The molecule has 0 radical (unpaired) electrons. The molecule has 3 amide bonds. The van der Waals surface area contributed by atoms with Gasteiger partial charge in [0.25, 0.3) is 11.8 Å². The van der Waals surface area contributed by atoms with E-state index in [9.17, 15) is 19.2 Å². The van der Waals surface area contributed by atoms with E-state index in [1.54, 1.807) is 80.6 Å². The first-order valence-electron chi connectivity index (χ1n) is 15.9. The maximum atomic E-state index is 13.6. The van der Waals surface area contributed by atoms with E-state index in [-0.39, 0.29) is 18.2 Å². The Labute approximate surface area is 303 Å². The monoisotopic (exact) mass is 735 g/mol. The van der Waals surface area contributed by atoms with Crippen molar-refractivity contribution < 1.29 is 23.9 Å². The average Bonchev–Trinajstić information content (AvgIpc) is 3.26. The van der Waals surface area contributed by atoms with Crippen LogP contribution < -0.4 is 16.0 Å². The molecule has 5 rings (SSSR count). The molecular formula is C37H35Cl2N3O5S2. The molecule has 0 spiro atoms. The summed E-state index contributed by atoms with van der Waals surface area (Å²) in [7, 11) is 0. The van der Waals surface area contributed by atoms with Crippen LogP contribution in [0.5, 0.6) is 0 Å². The van der Waals surface area contributed by atoms with E-state index >= 15 is 0 Å². The number of aryl methyl sites for hydroxylation is 1. The Morgan fingerprint density at radius 1 is 0.918 bits per heavy atom. The molecule has 0 saturated carbocycles. The third-order valence-electron chi connectivity index (χ3n) is 7.73. The predicted octanol–water partition coefficient (Wildman–Crippen LogP) is 9.03. The van der Waals surface area contributed by atoms with Gasteiger partial charge in [-0.25, -0.2) is 4.79 Å². The Morgan fingerprint density at radius 2 is 1.63 bits per heavy atom. The van der Waals surface area contributed by atoms with Crippen molar-refractivity contribution in [2.75, 3.05) is 17.2 Å². The lowest BCUT2D eigenvalue weighted by Gasteiger charge is -2.15. The first kappa shape index (κ1) is 36.2. The van der Waals surface area contributed by atoms with Crippen molar-refractivity contribution >= 4 is 86.8 Å². The fourth-order valence-electron chi connectivity index (χ4n) is 5.30. The van der Waals surface area contributed by atoms with Gasteiger partial charge in [-0.15, -0.1) is 23.1 Å². The normalized spacial score (nSPS) is 13.4. The molecule has 3 N–H and O–H groups in total. The number of anilines is 2. The lowest BCUT2D eigenvalue weighted by molar-refractivity contribution is -0.115. The maximum Gasteiger partial charge on any atom is 0.341 e. The summed E-state index contributed by atoms with van der Waals surface area (Å²) < 4.78 is 5.36. The SMILES string of the molecule is CCOC(=O)c1c(NC(=O)C(C)Sc2cccc(NC(=O)/C(=C\c3c(Cl)cccc3Cl)NC(=O)c3ccccc3)c2)sc2c1CCCCC2. The molecule has 0 saturated heterocycles. The van der Waals surface area contributed by atoms with Crippen LogP contribution in [0.4, 0.5) is 10.7 Å². The van der Waals surface area contributed by atoms with Gasteiger partial charge >= 0.3 is 5.97 Å². The summed E-state index contributed by atoms with van der Waals surface area (Å²) in [6, 6.07) is 20.5. The Morgan fingerprint density at radius 3 is 2.37 bits per heavy atom. The number of ether oxygens (including phenoxy) is 1. The van der Waals surface area contributed by atoms with Gasteiger partial charge in [-0.2, -0.15) is 0 Å². The number of carbonyl (C=O) groups excluding carboxylic acids is 4. The van der Waals surface area contributed by atoms with Crippen molar-refractivity contribution in [2.45, 2.75) is 56.1 Å². The standard InChI is InChI=1S/C37H35Cl2N3O5S2/c1-3-47-37(46)32-26-16-8-5-9-19-31(26)49-36(32)42-33(43)22(2)48-25-15-10-14-24(20-25)40-35(45)30(21-27-28(38)17-11-18-29(27)39)41-34(44)23-12-6-4-7-13-23/h4,6-7,10-15,17-18,20-22H,3,5,8-9,16,19H2,1-2H3,(H,40,45)(H,41,44)(H,42,43)/b30-21+. The fourth-order valence-corrected chi connectivity index (χ4v) is 8.02. The highest BCUT2D eigenvalue weighted by molar-refractivity contribution is 8.00. The summed E-state index contributed by atoms with van der Waals surface area (Å²) in [6.45, 7) is 3.80. The van der Waals surface area contributed by atoms with E-state index < -0.39 is 23.0 Å². The molecule has 8 nitrogen and oxygen atoms in total. The van der Waals surface area contributed by atoms with Crippen molar-refractivity contribution in [2.24, 2.45) is 0 Å². The van der Waals surface area contributed by atoms with Gasteiger partial charge in [0.2, 0.25) is 5.91 Å². The summed E-state index contributed by atoms with van der Waals surface area (Å²) in [5.41, 5.74) is 2.58. The van der Waals surface area contributed by atoms with E-state index in [1.165, 1.54) is 29.2 Å². The van der Waals surface area contributed by atoms with Crippen LogP contribution in [0.3, 0.4) is 0 Å². The minimum Gasteiger partial charge on any atom is -0.462 e. The molecule has 1 aliphatic carbocycles. The van der Waals surface area contributed by atoms with Crippen LogP contribution in [-0.2, 0) is 27.2 Å². The minimum atomic E-state index is -0.600. The molecule has 0 bridgehead atoms. The van der Waals surface area contributed by atoms with Gasteiger partial charge in [-0.1, -0.05) is 60.0 Å². The molecule has 1 atom stereocenters. The van der Waals surface area contributed by atoms with Gasteiger partial charge in [-0.3, -0.25) is 14.4 Å². The van der Waals surface area contributed by atoms with E-state index in [2.05, 4.69) is 16.0 Å². The first-order chi connectivity index (χ1) is 23.6. The number of halogens is 2. The molecule has 0 fully saturated rings. The van der Waals surface area contributed by atoms with Gasteiger partial charge in [0.05, 0.1) is 17.4 Å². The Balaban J connectivity index is 1.31. The number of rotatable bonds is 11. The largest absolute Gasteiger partial charge is 0.462 e. The zero-order valence-corrected chi connectivity index (χ0v) is 30.1. The van der Waals surface area contributed by atoms with Gasteiger partial charge in [0.15, 0.2) is 0 Å². The van der Waals surface area contributed by atoms with Gasteiger partial charge in [0, 0.05) is 36.6 Å². The molecule has 12 heteroatoms. The van der Waals surface area contributed by atoms with Crippen molar-refractivity contribution in [3.8, 4) is 0 Å². The molecule has 0 aliphatic heterocycles. The number of hydrogen-bond donors (Lipinski definition) is 3. The Kier molecular flexibility index (Phi) is 12.6. The number of hydrogen-bond acceptors (Lipinski definition) is 7. The van der Waals surface area contributed by atoms with E-state index in [0.29, 0.717) is 37.4 Å². The highest BCUT2D eigenvalue weighted by Gasteiger charge is 2.28. The van der Waals surface area contributed by atoms with Gasteiger partial charge in [0.1, 0.15) is 10.7 Å². The van der Waals surface area contributed by atoms with Crippen LogP contribution in [0.2, 0.25) is 10.0 Å². The second-order valence-corrected chi connectivity index (χ2v) is 14.6. The van der Waals surface area contributed by atoms with E-state index in [4.69, 9.17) is 27.9 Å². The van der Waals surface area contributed by atoms with Crippen LogP contribution in [0.25, 0.3) is 6.08 Å². The second-order valence-electron chi connectivity index (χ2n) is 11.2. The number of thioether (sulfide) groups is 1. The van der Waals surface area contributed by atoms with Crippen molar-refractivity contribution in [1.29, 1.82) is 0 Å². The fraction of sp³-hybridized carbons (Fsp3) is 0.243. The van der Waals surface area contributed by atoms with Crippen LogP contribution >= 0.6 is 46.3 Å². The summed E-state index contributed by atoms with van der Waals surface area (Å²) in [5.74, 6) is -1.75. The molecule has 1 heterocycles. The highest BCUT2D eigenvalue weighted by atomic mass is 35.5. The topological polar surface area (TPSA) is 114 Å². The van der Waals surface area contributed by atoms with E-state index in [1.807, 2.05) is 6.07 Å². The average molecular weight is 737 g/mol. The predicted molar refractivity (Wildman–Crippen MR) is 199 cm³/mol. The number of thiophene rings is 1. The smallest absolute Gasteiger partial charge is 0.341 e. The molecular weight excluding hydrogens is 701 g/mol.